The smallest absolute Gasteiger partial charge is 0.255 e. The third-order valence-corrected chi connectivity index (χ3v) is 5.13. The molecular formula is C20H21ClN6O2. The summed E-state index contributed by atoms with van der Waals surface area (Å²) in [6.45, 7) is 1.24. The molecule has 1 aromatic carbocycles. The van der Waals surface area contributed by atoms with Crippen molar-refractivity contribution in [3.8, 4) is 0 Å². The lowest BCUT2D eigenvalue weighted by molar-refractivity contribution is 0.0625. The van der Waals surface area contributed by atoms with Gasteiger partial charge in [-0.25, -0.2) is 9.97 Å². The molecule has 3 heterocycles. The van der Waals surface area contributed by atoms with Gasteiger partial charge in [0.15, 0.2) is 5.65 Å². The second-order valence-corrected chi connectivity index (χ2v) is 7.29. The number of nitrogens with one attached hydrogen (secondary N) is 4. The number of hydrogen-bond acceptors (Lipinski definition) is 6. The lowest BCUT2D eigenvalue weighted by atomic mass is 10.1. The van der Waals surface area contributed by atoms with Gasteiger partial charge in [0.25, 0.3) is 5.91 Å². The average Bonchev–Trinajstić information content (AvgIpc) is 3.17. The summed E-state index contributed by atoms with van der Waals surface area (Å²) in [4.78, 5) is 24.6. The van der Waals surface area contributed by atoms with Crippen LogP contribution in [-0.2, 0) is 4.74 Å². The number of nitrogens with zero attached hydrogens (tertiary/aromatic N) is 2. The minimum atomic E-state index is -0.230. The average molecular weight is 413 g/mol. The molecule has 0 saturated carbocycles. The number of fused-ring (bicyclic) bond motifs is 1. The minimum Gasteiger partial charge on any atom is -0.388 e. The molecule has 3 aromatic rings. The van der Waals surface area contributed by atoms with E-state index < -0.39 is 0 Å². The van der Waals surface area contributed by atoms with Crippen LogP contribution in [0.5, 0.6) is 0 Å². The van der Waals surface area contributed by atoms with Crippen molar-refractivity contribution >= 4 is 40.1 Å². The number of rotatable bonds is 5. The quantitative estimate of drug-likeness (QED) is 0.481. The molecule has 9 heteroatoms. The van der Waals surface area contributed by atoms with Crippen molar-refractivity contribution in [2.24, 2.45) is 0 Å². The van der Waals surface area contributed by atoms with Gasteiger partial charge in [0.05, 0.1) is 30.1 Å². The van der Waals surface area contributed by atoms with Crippen LogP contribution in [0.15, 0.2) is 30.6 Å². The number of H-pyrrole nitrogens is 1. The van der Waals surface area contributed by atoms with E-state index in [0.717, 1.165) is 19.4 Å². The number of ether oxygens (including phenoxy) is 1. The molecule has 150 valence electrons. The van der Waals surface area contributed by atoms with Crippen LogP contribution in [-0.4, -0.2) is 52.9 Å². The molecule has 8 nitrogen and oxygen atoms in total. The molecule has 1 aliphatic rings. The van der Waals surface area contributed by atoms with Gasteiger partial charge >= 0.3 is 0 Å². The van der Waals surface area contributed by atoms with Crippen LogP contribution >= 0.6 is 11.6 Å². The number of amides is 1. The van der Waals surface area contributed by atoms with E-state index in [9.17, 15) is 4.79 Å². The Balaban J connectivity index is 1.64. The Morgan fingerprint density at radius 3 is 3.00 bits per heavy atom. The van der Waals surface area contributed by atoms with Crippen molar-refractivity contribution in [1.29, 1.82) is 5.41 Å². The predicted octanol–water partition coefficient (Wildman–Crippen LogP) is 2.98. The maximum Gasteiger partial charge on any atom is 0.255 e. The van der Waals surface area contributed by atoms with Gasteiger partial charge in [-0.2, -0.15) is 0 Å². The van der Waals surface area contributed by atoms with E-state index in [1.54, 1.807) is 31.4 Å². The number of carbonyl (C=O) groups excluding carboxylic acids is 1. The Bertz CT molecular complexity index is 1070. The predicted molar refractivity (Wildman–Crippen MR) is 112 cm³/mol. The van der Waals surface area contributed by atoms with Crippen LogP contribution in [0.25, 0.3) is 11.2 Å². The minimum absolute atomic E-state index is 0.0112. The first-order valence-corrected chi connectivity index (χ1v) is 9.74. The van der Waals surface area contributed by atoms with Crippen molar-refractivity contribution in [2.75, 3.05) is 25.6 Å². The summed E-state index contributed by atoms with van der Waals surface area (Å²) in [6.07, 6.45) is 4.93. The zero-order valence-electron chi connectivity index (χ0n) is 15.9. The molecule has 2 aromatic heterocycles. The summed E-state index contributed by atoms with van der Waals surface area (Å²) in [6, 6.07) is 5.22. The number of benzene rings is 1. The summed E-state index contributed by atoms with van der Waals surface area (Å²) in [5, 5.41) is 15.2. The summed E-state index contributed by atoms with van der Waals surface area (Å²) >= 11 is 6.05. The van der Waals surface area contributed by atoms with E-state index in [2.05, 4.69) is 25.6 Å². The number of halogens is 1. The van der Waals surface area contributed by atoms with E-state index in [-0.39, 0.29) is 17.7 Å². The lowest BCUT2D eigenvalue weighted by Crippen LogP contribution is -2.40. The lowest BCUT2D eigenvalue weighted by Gasteiger charge is -2.22. The van der Waals surface area contributed by atoms with Gasteiger partial charge < -0.3 is 20.4 Å². The van der Waals surface area contributed by atoms with Crippen molar-refractivity contribution < 1.29 is 9.53 Å². The SMILES string of the molecule is CNc1cc(Cl)ccc1C(=N)c1cnc2[nH]cc(C(=O)NC3CCCOC3)c2n1. The third kappa shape index (κ3) is 3.94. The first-order valence-electron chi connectivity index (χ1n) is 9.36. The van der Waals surface area contributed by atoms with Crippen LogP contribution < -0.4 is 10.6 Å². The summed E-state index contributed by atoms with van der Waals surface area (Å²) in [7, 11) is 1.76. The molecule has 1 atom stereocenters. The highest BCUT2D eigenvalue weighted by Gasteiger charge is 2.21. The first-order chi connectivity index (χ1) is 14.1. The molecule has 1 amide bonds. The molecule has 0 spiro atoms. The zero-order chi connectivity index (χ0) is 20.4. The Kier molecular flexibility index (Phi) is 5.46. The highest BCUT2D eigenvalue weighted by Crippen LogP contribution is 2.24. The van der Waals surface area contributed by atoms with Crippen molar-refractivity contribution in [3.05, 3.63) is 52.4 Å². The maximum absolute atomic E-state index is 12.7. The van der Waals surface area contributed by atoms with Gasteiger partial charge in [0.1, 0.15) is 11.2 Å². The summed E-state index contributed by atoms with van der Waals surface area (Å²) < 4.78 is 5.42. The van der Waals surface area contributed by atoms with Crippen molar-refractivity contribution in [3.63, 3.8) is 0 Å². The van der Waals surface area contributed by atoms with Crippen LogP contribution in [0.4, 0.5) is 5.69 Å². The molecule has 4 rings (SSSR count). The molecule has 1 fully saturated rings. The zero-order valence-corrected chi connectivity index (χ0v) is 16.6. The molecule has 1 saturated heterocycles. The van der Waals surface area contributed by atoms with Gasteiger partial charge in [0, 0.05) is 36.1 Å². The molecule has 29 heavy (non-hydrogen) atoms. The fourth-order valence-electron chi connectivity index (χ4n) is 3.38. The highest BCUT2D eigenvalue weighted by atomic mass is 35.5. The van der Waals surface area contributed by atoms with Crippen molar-refractivity contribution in [2.45, 2.75) is 18.9 Å². The van der Waals surface area contributed by atoms with E-state index in [0.29, 0.717) is 45.3 Å². The van der Waals surface area contributed by atoms with Gasteiger partial charge in [0.2, 0.25) is 0 Å². The summed E-state index contributed by atoms with van der Waals surface area (Å²) in [5.41, 5.74) is 3.25. The molecule has 1 aliphatic heterocycles. The summed E-state index contributed by atoms with van der Waals surface area (Å²) in [5.74, 6) is -0.230. The van der Waals surface area contributed by atoms with Crippen molar-refractivity contribution in [1.82, 2.24) is 20.3 Å². The highest BCUT2D eigenvalue weighted by molar-refractivity contribution is 6.31. The number of aromatic nitrogens is 3. The third-order valence-electron chi connectivity index (χ3n) is 4.90. The first kappa shape index (κ1) is 19.4. The van der Waals surface area contributed by atoms with Crippen LogP contribution in [0, 0.1) is 5.41 Å². The van der Waals surface area contributed by atoms with Gasteiger partial charge in [-0.1, -0.05) is 11.6 Å². The van der Waals surface area contributed by atoms with Crippen LogP contribution in [0.2, 0.25) is 5.02 Å². The van der Waals surface area contributed by atoms with E-state index in [1.165, 1.54) is 6.20 Å². The Hall–Kier alpha value is -2.97. The van der Waals surface area contributed by atoms with Gasteiger partial charge in [-0.15, -0.1) is 0 Å². The van der Waals surface area contributed by atoms with Crippen LogP contribution in [0.1, 0.15) is 34.5 Å². The molecule has 0 aliphatic carbocycles. The fraction of sp³-hybridized carbons (Fsp3) is 0.300. The standard InChI is InChI=1S/C20H21ClN6O2/c1-23-15-7-11(21)4-5-13(15)17(22)16-9-25-19-18(27-16)14(8-24-19)20(28)26-12-3-2-6-29-10-12/h4-5,7-9,12,22-23H,2-3,6,10H2,1H3,(H,24,25)(H,26,28). The topological polar surface area (TPSA) is 116 Å². The van der Waals surface area contributed by atoms with E-state index in [1.807, 2.05) is 0 Å². The normalized spacial score (nSPS) is 16.6. The second-order valence-electron chi connectivity index (χ2n) is 6.86. The molecule has 1 unspecified atom stereocenters. The maximum atomic E-state index is 12.7. The number of hydrogen-bond donors (Lipinski definition) is 4. The molecule has 0 bridgehead atoms. The Labute approximate surface area is 172 Å². The van der Waals surface area contributed by atoms with Gasteiger partial charge in [-0.05, 0) is 31.0 Å². The molecule has 4 N–H and O–H groups in total. The largest absolute Gasteiger partial charge is 0.388 e. The Morgan fingerprint density at radius 1 is 1.38 bits per heavy atom. The molecule has 0 radical (unpaired) electrons. The fourth-order valence-corrected chi connectivity index (χ4v) is 3.55. The second kappa shape index (κ2) is 8.18. The number of carbonyl (C=O) groups is 1. The number of aromatic amines is 1. The van der Waals surface area contributed by atoms with E-state index >= 15 is 0 Å². The Morgan fingerprint density at radius 2 is 2.24 bits per heavy atom. The number of anilines is 1. The van der Waals surface area contributed by atoms with E-state index in [4.69, 9.17) is 21.7 Å². The van der Waals surface area contributed by atoms with Crippen LogP contribution in [0.3, 0.4) is 0 Å². The monoisotopic (exact) mass is 412 g/mol. The van der Waals surface area contributed by atoms with Gasteiger partial charge in [-0.3, -0.25) is 10.2 Å². The molecular weight excluding hydrogens is 392 g/mol.